The predicted molar refractivity (Wildman–Crippen MR) is 66.8 cm³/mol. The summed E-state index contributed by atoms with van der Waals surface area (Å²) in [6.07, 6.45) is 2.52. The van der Waals surface area contributed by atoms with Crippen molar-refractivity contribution in [1.82, 2.24) is 4.90 Å². The number of likely N-dealkylation sites (tertiary alicyclic amines) is 1. The molecule has 0 aromatic rings. The van der Waals surface area contributed by atoms with Crippen LogP contribution in [-0.4, -0.2) is 47.5 Å². The molecule has 0 bridgehead atoms. The summed E-state index contributed by atoms with van der Waals surface area (Å²) >= 11 is 1.34. The zero-order valence-electron chi connectivity index (χ0n) is 10.2. The molecule has 2 saturated heterocycles. The summed E-state index contributed by atoms with van der Waals surface area (Å²) in [4.78, 5) is 24.8. The Balaban J connectivity index is 1.83. The van der Waals surface area contributed by atoms with E-state index >= 15 is 0 Å². The molecule has 96 valence electrons. The first-order valence-corrected chi connectivity index (χ1v) is 7.16. The second kappa shape index (κ2) is 5.87. The molecule has 2 fully saturated rings. The second-order valence-electron chi connectivity index (χ2n) is 4.76. The van der Waals surface area contributed by atoms with Crippen molar-refractivity contribution in [2.45, 2.75) is 32.2 Å². The van der Waals surface area contributed by atoms with Crippen molar-refractivity contribution in [2.75, 3.05) is 25.5 Å². The molecule has 1 unspecified atom stereocenters. The number of amides is 1. The molecular weight excluding hydrogens is 238 g/mol. The lowest BCUT2D eigenvalue weighted by Gasteiger charge is -2.31. The highest BCUT2D eigenvalue weighted by Gasteiger charge is 2.34. The lowest BCUT2D eigenvalue weighted by Crippen LogP contribution is -2.40. The van der Waals surface area contributed by atoms with Crippen molar-refractivity contribution in [2.24, 2.45) is 5.92 Å². The minimum atomic E-state index is 0.141. The number of carbonyl (C=O) groups is 2. The number of hydrogen-bond donors (Lipinski definition) is 0. The van der Waals surface area contributed by atoms with E-state index in [9.17, 15) is 9.59 Å². The van der Waals surface area contributed by atoms with Crippen LogP contribution in [0.1, 0.15) is 26.2 Å². The van der Waals surface area contributed by atoms with Crippen LogP contribution in [0.4, 0.5) is 0 Å². The average Bonchev–Trinajstić information content (AvgIpc) is 2.69. The molecule has 0 aromatic heterocycles. The molecule has 0 N–H and O–H groups in total. The van der Waals surface area contributed by atoms with Crippen molar-refractivity contribution in [1.29, 1.82) is 0 Å². The molecule has 4 nitrogen and oxygen atoms in total. The molecule has 2 aliphatic heterocycles. The molecule has 0 aromatic carbocycles. The van der Waals surface area contributed by atoms with Gasteiger partial charge < -0.3 is 9.64 Å². The number of hydrogen-bond acceptors (Lipinski definition) is 4. The van der Waals surface area contributed by atoms with E-state index in [1.54, 1.807) is 6.92 Å². The van der Waals surface area contributed by atoms with E-state index in [-0.39, 0.29) is 11.0 Å². The van der Waals surface area contributed by atoms with E-state index < -0.39 is 0 Å². The number of ether oxygens (including phenoxy) is 1. The monoisotopic (exact) mass is 257 g/mol. The molecule has 2 rings (SSSR count). The summed E-state index contributed by atoms with van der Waals surface area (Å²) in [6, 6.07) is 0.364. The highest BCUT2D eigenvalue weighted by Crippen LogP contribution is 2.27. The Labute approximate surface area is 106 Å². The van der Waals surface area contributed by atoms with Gasteiger partial charge >= 0.3 is 0 Å². The lowest BCUT2D eigenvalue weighted by atomic mass is 10.1. The first-order chi connectivity index (χ1) is 8.16. The zero-order chi connectivity index (χ0) is 12.3. The minimum absolute atomic E-state index is 0.141. The van der Waals surface area contributed by atoms with Crippen molar-refractivity contribution in [3.63, 3.8) is 0 Å². The summed E-state index contributed by atoms with van der Waals surface area (Å²) in [7, 11) is 0. The van der Waals surface area contributed by atoms with Gasteiger partial charge in [0.15, 0.2) is 5.12 Å². The van der Waals surface area contributed by atoms with Crippen LogP contribution in [0.3, 0.4) is 0 Å². The second-order valence-corrected chi connectivity index (χ2v) is 5.96. The molecular formula is C12H19NO3S. The Morgan fingerprint density at radius 3 is 2.82 bits per heavy atom. The largest absolute Gasteiger partial charge is 0.381 e. The zero-order valence-corrected chi connectivity index (χ0v) is 11.0. The van der Waals surface area contributed by atoms with Gasteiger partial charge in [-0.05, 0) is 18.8 Å². The Kier molecular flexibility index (Phi) is 4.45. The third-order valence-corrected chi connectivity index (χ3v) is 4.44. The van der Waals surface area contributed by atoms with Crippen LogP contribution in [0.25, 0.3) is 0 Å². The Hall–Kier alpha value is -0.550. The third-order valence-electron chi connectivity index (χ3n) is 3.39. The third kappa shape index (κ3) is 3.45. The molecule has 1 amide bonds. The van der Waals surface area contributed by atoms with Gasteiger partial charge in [0.1, 0.15) is 0 Å². The van der Waals surface area contributed by atoms with Crippen LogP contribution in [0.2, 0.25) is 0 Å². The van der Waals surface area contributed by atoms with E-state index in [0.29, 0.717) is 18.4 Å². The first kappa shape index (κ1) is 12.9. The van der Waals surface area contributed by atoms with Gasteiger partial charge in [-0.2, -0.15) is 0 Å². The maximum atomic E-state index is 11.9. The minimum Gasteiger partial charge on any atom is -0.381 e. The molecule has 17 heavy (non-hydrogen) atoms. The van der Waals surface area contributed by atoms with Crippen LogP contribution in [0.15, 0.2) is 0 Å². The van der Waals surface area contributed by atoms with Crippen molar-refractivity contribution >= 4 is 22.8 Å². The lowest BCUT2D eigenvalue weighted by molar-refractivity contribution is -0.131. The van der Waals surface area contributed by atoms with E-state index in [2.05, 4.69) is 0 Å². The fourth-order valence-corrected chi connectivity index (χ4v) is 3.20. The normalized spacial score (nSPS) is 26.5. The Morgan fingerprint density at radius 1 is 1.47 bits per heavy atom. The van der Waals surface area contributed by atoms with Gasteiger partial charge in [0.2, 0.25) is 5.91 Å². The van der Waals surface area contributed by atoms with Gasteiger partial charge in [0.05, 0.1) is 0 Å². The fraction of sp³-hybridized carbons (Fsp3) is 0.833. The quantitative estimate of drug-likeness (QED) is 0.764. The Morgan fingerprint density at radius 2 is 2.18 bits per heavy atom. The smallest absolute Gasteiger partial charge is 0.223 e. The van der Waals surface area contributed by atoms with Gasteiger partial charge in [-0.15, -0.1) is 0 Å². The topological polar surface area (TPSA) is 46.6 Å². The summed E-state index contributed by atoms with van der Waals surface area (Å²) in [5.74, 6) is 1.38. The Bertz CT molecular complexity index is 302. The molecule has 0 radical (unpaired) electrons. The average molecular weight is 257 g/mol. The molecule has 0 saturated carbocycles. The highest BCUT2D eigenvalue weighted by molar-refractivity contribution is 8.13. The molecule has 0 spiro atoms. The predicted octanol–water partition coefficient (Wildman–Crippen LogP) is 1.29. The molecule has 5 heteroatoms. The van der Waals surface area contributed by atoms with Crippen LogP contribution in [0, 0.1) is 5.92 Å². The maximum absolute atomic E-state index is 11.9. The van der Waals surface area contributed by atoms with Crippen molar-refractivity contribution < 1.29 is 14.3 Å². The maximum Gasteiger partial charge on any atom is 0.223 e. The summed E-state index contributed by atoms with van der Waals surface area (Å²) < 4.78 is 5.31. The van der Waals surface area contributed by atoms with Crippen molar-refractivity contribution in [3.05, 3.63) is 0 Å². The first-order valence-electron chi connectivity index (χ1n) is 6.17. The number of carbonyl (C=O) groups excluding carboxylic acids is 2. The van der Waals surface area contributed by atoms with Gasteiger partial charge in [-0.25, -0.2) is 0 Å². The van der Waals surface area contributed by atoms with Crippen LogP contribution >= 0.6 is 11.8 Å². The van der Waals surface area contributed by atoms with Gasteiger partial charge in [0, 0.05) is 44.9 Å². The molecule has 2 heterocycles. The summed E-state index contributed by atoms with van der Waals surface area (Å²) in [5, 5.41) is 0.141. The van der Waals surface area contributed by atoms with Crippen molar-refractivity contribution in [3.8, 4) is 0 Å². The van der Waals surface area contributed by atoms with Gasteiger partial charge in [-0.1, -0.05) is 11.8 Å². The van der Waals surface area contributed by atoms with Crippen LogP contribution < -0.4 is 0 Å². The van der Waals surface area contributed by atoms with Crippen LogP contribution in [-0.2, 0) is 14.3 Å². The van der Waals surface area contributed by atoms with E-state index in [1.807, 2.05) is 4.90 Å². The SMILES string of the molecule is CC(=O)SCC1CC(=O)N(C2CCOCC2)C1. The van der Waals surface area contributed by atoms with E-state index in [0.717, 1.165) is 38.4 Å². The fourth-order valence-electron chi connectivity index (χ4n) is 2.51. The van der Waals surface area contributed by atoms with Gasteiger partial charge in [-0.3, -0.25) is 9.59 Å². The number of thioether (sulfide) groups is 1. The highest BCUT2D eigenvalue weighted by atomic mass is 32.2. The standard InChI is InChI=1S/C12H19NO3S/c1-9(14)17-8-10-6-12(15)13(7-10)11-2-4-16-5-3-11/h10-11H,2-8H2,1H3. The molecule has 1 atom stereocenters. The summed E-state index contributed by atoms with van der Waals surface area (Å²) in [5.41, 5.74) is 0. The molecule has 2 aliphatic rings. The van der Waals surface area contributed by atoms with E-state index in [4.69, 9.17) is 4.74 Å². The van der Waals surface area contributed by atoms with Gasteiger partial charge in [0.25, 0.3) is 0 Å². The van der Waals surface area contributed by atoms with E-state index in [1.165, 1.54) is 11.8 Å². The van der Waals surface area contributed by atoms with Crippen LogP contribution in [0.5, 0.6) is 0 Å². The molecule has 0 aliphatic carbocycles. The number of rotatable bonds is 3. The summed E-state index contributed by atoms with van der Waals surface area (Å²) in [6.45, 7) is 3.93. The number of nitrogens with zero attached hydrogens (tertiary/aromatic N) is 1.